The maximum absolute atomic E-state index is 13.2. The Morgan fingerprint density at radius 1 is 1.42 bits per heavy atom. The molecule has 1 aliphatic carbocycles. The van der Waals surface area contributed by atoms with E-state index in [1.807, 2.05) is 13.0 Å². The summed E-state index contributed by atoms with van der Waals surface area (Å²) in [5.41, 5.74) is 10.9. The number of allylic oxidation sites excluding steroid dienone is 2. The van der Waals surface area contributed by atoms with Gasteiger partial charge in [-0.2, -0.15) is 4.31 Å². The second kappa shape index (κ2) is 8.85. The third-order valence-corrected chi connectivity index (χ3v) is 6.38. The maximum Gasteiger partial charge on any atom is 0.243 e. The van der Waals surface area contributed by atoms with E-state index in [0.717, 1.165) is 30.4 Å². The number of aryl methyl sites for hydroxylation is 1. The van der Waals surface area contributed by atoms with Crippen LogP contribution in [0.2, 0.25) is 0 Å². The molecule has 1 atom stereocenters. The van der Waals surface area contributed by atoms with Crippen LogP contribution < -0.4 is 0 Å². The Morgan fingerprint density at radius 2 is 2.12 bits per heavy atom. The molecule has 0 saturated heterocycles. The molecule has 26 heavy (non-hydrogen) atoms. The highest BCUT2D eigenvalue weighted by Crippen LogP contribution is 2.28. The van der Waals surface area contributed by atoms with Crippen molar-refractivity contribution in [1.82, 2.24) is 4.31 Å². The van der Waals surface area contributed by atoms with E-state index in [-0.39, 0.29) is 23.9 Å². The summed E-state index contributed by atoms with van der Waals surface area (Å²) in [6.45, 7) is 9.61. The summed E-state index contributed by atoms with van der Waals surface area (Å²) in [7, 11) is -3.68. The van der Waals surface area contributed by atoms with Crippen molar-refractivity contribution < 1.29 is 8.42 Å². The summed E-state index contributed by atoms with van der Waals surface area (Å²) in [4.78, 5) is 2.97. The van der Waals surface area contributed by atoms with E-state index in [9.17, 15) is 8.42 Å². The zero-order chi connectivity index (χ0) is 19.2. The molecule has 0 heterocycles. The third kappa shape index (κ3) is 4.85. The first-order valence-electron chi connectivity index (χ1n) is 8.53. The van der Waals surface area contributed by atoms with Gasteiger partial charge in [-0.05, 0) is 50.3 Å². The molecule has 6 nitrogen and oxygen atoms in total. The summed E-state index contributed by atoms with van der Waals surface area (Å²) in [6.07, 6.45) is 6.59. The van der Waals surface area contributed by atoms with E-state index in [1.54, 1.807) is 30.3 Å². The van der Waals surface area contributed by atoms with Gasteiger partial charge in [-0.25, -0.2) is 8.42 Å². The molecule has 7 heteroatoms. The summed E-state index contributed by atoms with van der Waals surface area (Å²) in [5.74, 6) is 0. The molecule has 0 bridgehead atoms. The summed E-state index contributed by atoms with van der Waals surface area (Å²) in [5, 5.41) is 3.47. The van der Waals surface area contributed by atoms with E-state index in [2.05, 4.69) is 23.2 Å². The van der Waals surface area contributed by atoms with Crippen molar-refractivity contribution in [1.29, 1.82) is 0 Å². The Balaban J connectivity index is 2.38. The monoisotopic (exact) mass is 372 g/mol. The Morgan fingerprint density at radius 3 is 2.73 bits per heavy atom. The van der Waals surface area contributed by atoms with Crippen LogP contribution in [0.3, 0.4) is 0 Å². The number of nitrogens with zero attached hydrogens (tertiary/aromatic N) is 4. The topological polar surface area (TPSA) is 86.1 Å². The number of hydrogen-bond acceptors (Lipinski definition) is 3. The van der Waals surface area contributed by atoms with Crippen LogP contribution in [0.5, 0.6) is 0 Å². The molecule has 0 saturated carbocycles. The minimum absolute atomic E-state index is 0.208. The van der Waals surface area contributed by atoms with Crippen molar-refractivity contribution in [2.24, 2.45) is 5.11 Å². The highest BCUT2D eigenvalue weighted by molar-refractivity contribution is 7.89. The molecule has 0 aliphatic heterocycles. The first kappa shape index (κ1) is 20.0. The third-order valence-electron chi connectivity index (χ3n) is 4.44. The lowest BCUT2D eigenvalue weighted by atomic mass is 9.95. The second-order valence-electron chi connectivity index (χ2n) is 6.34. The molecule has 0 radical (unpaired) electrons. The van der Waals surface area contributed by atoms with E-state index in [4.69, 9.17) is 5.53 Å². The molecule has 0 fully saturated rings. The molecular weight excluding hydrogens is 348 g/mol. The van der Waals surface area contributed by atoms with Crippen molar-refractivity contribution >= 4 is 10.0 Å². The van der Waals surface area contributed by atoms with Gasteiger partial charge in [0.2, 0.25) is 10.0 Å². The van der Waals surface area contributed by atoms with Gasteiger partial charge in [0.1, 0.15) is 0 Å². The van der Waals surface area contributed by atoms with Crippen molar-refractivity contribution in [3.63, 3.8) is 0 Å². The minimum Gasteiger partial charge on any atom is -0.207 e. The zero-order valence-electron chi connectivity index (χ0n) is 15.0. The fourth-order valence-electron chi connectivity index (χ4n) is 2.99. The van der Waals surface area contributed by atoms with Crippen LogP contribution in [-0.2, 0) is 10.0 Å². The van der Waals surface area contributed by atoms with Gasteiger partial charge in [0.05, 0.1) is 4.90 Å². The number of benzene rings is 1. The SMILES string of the molecule is C=CC1=CC(N(CCC(=C)N=[N+]=[N-])S(=O)(=O)c2ccc(C)cc2)CCC1. The smallest absolute Gasteiger partial charge is 0.207 e. The molecule has 138 valence electrons. The fourth-order valence-corrected chi connectivity index (χ4v) is 4.59. The summed E-state index contributed by atoms with van der Waals surface area (Å²) >= 11 is 0. The van der Waals surface area contributed by atoms with Gasteiger partial charge in [-0.15, -0.1) is 0 Å². The van der Waals surface area contributed by atoms with Gasteiger partial charge in [-0.3, -0.25) is 0 Å². The maximum atomic E-state index is 13.2. The van der Waals surface area contributed by atoms with Crippen LogP contribution in [-0.4, -0.2) is 25.3 Å². The lowest BCUT2D eigenvalue weighted by molar-refractivity contribution is 0.336. The molecule has 0 spiro atoms. The predicted octanol–water partition coefficient (Wildman–Crippen LogP) is 4.86. The van der Waals surface area contributed by atoms with Crippen molar-refractivity contribution in [2.45, 2.75) is 43.5 Å². The molecule has 0 aromatic heterocycles. The molecule has 1 unspecified atom stereocenters. The number of sulfonamides is 1. The lowest BCUT2D eigenvalue weighted by Gasteiger charge is -2.32. The van der Waals surface area contributed by atoms with Crippen LogP contribution in [0.4, 0.5) is 0 Å². The largest absolute Gasteiger partial charge is 0.243 e. The van der Waals surface area contributed by atoms with Crippen LogP contribution in [0.25, 0.3) is 10.4 Å². The number of hydrogen-bond donors (Lipinski definition) is 0. The average molecular weight is 372 g/mol. The average Bonchev–Trinajstić information content (AvgIpc) is 2.62. The zero-order valence-corrected chi connectivity index (χ0v) is 15.8. The van der Waals surface area contributed by atoms with Gasteiger partial charge >= 0.3 is 0 Å². The molecule has 1 aliphatic rings. The number of azide groups is 1. The molecule has 0 amide bonds. The normalized spacial score (nSPS) is 17.3. The van der Waals surface area contributed by atoms with Gasteiger partial charge < -0.3 is 0 Å². The van der Waals surface area contributed by atoms with Crippen LogP contribution in [0, 0.1) is 6.92 Å². The van der Waals surface area contributed by atoms with Crippen LogP contribution in [0.1, 0.15) is 31.2 Å². The predicted molar refractivity (Wildman–Crippen MR) is 104 cm³/mol. The Labute approximate surface area is 155 Å². The van der Waals surface area contributed by atoms with E-state index < -0.39 is 10.0 Å². The Kier molecular flexibility index (Phi) is 6.80. The van der Waals surface area contributed by atoms with Gasteiger partial charge in [0.15, 0.2) is 0 Å². The second-order valence-corrected chi connectivity index (χ2v) is 8.23. The molecule has 0 N–H and O–H groups in total. The van der Waals surface area contributed by atoms with E-state index >= 15 is 0 Å². The molecule has 1 aromatic carbocycles. The van der Waals surface area contributed by atoms with Gasteiger partial charge in [0, 0.05) is 23.2 Å². The van der Waals surface area contributed by atoms with E-state index in [1.165, 1.54) is 4.31 Å². The van der Waals surface area contributed by atoms with Crippen LogP contribution >= 0.6 is 0 Å². The number of rotatable bonds is 8. The van der Waals surface area contributed by atoms with Gasteiger partial charge in [0.25, 0.3) is 0 Å². The van der Waals surface area contributed by atoms with E-state index in [0.29, 0.717) is 5.70 Å². The first-order valence-corrected chi connectivity index (χ1v) is 9.97. The highest BCUT2D eigenvalue weighted by Gasteiger charge is 2.31. The fraction of sp³-hybridized carbons (Fsp3) is 0.368. The molecule has 1 aromatic rings. The minimum atomic E-state index is -3.68. The standard InChI is InChI=1S/C19H24N4O2S/c1-4-17-6-5-7-18(14-17)23(13-12-16(3)21-22-20)26(24,25)19-10-8-15(2)9-11-19/h4,8-11,14,18H,1,3,5-7,12-13H2,2H3. The van der Waals surface area contributed by atoms with Crippen molar-refractivity contribution in [3.05, 3.63) is 76.9 Å². The Bertz CT molecular complexity index is 850. The Hall–Kier alpha value is -2.34. The highest BCUT2D eigenvalue weighted by atomic mass is 32.2. The quantitative estimate of drug-likeness (QED) is 0.370. The summed E-state index contributed by atoms with van der Waals surface area (Å²) < 4.78 is 28.0. The van der Waals surface area contributed by atoms with Crippen molar-refractivity contribution in [3.8, 4) is 0 Å². The molecule has 2 rings (SSSR count). The van der Waals surface area contributed by atoms with Gasteiger partial charge in [-0.1, -0.05) is 53.7 Å². The van der Waals surface area contributed by atoms with Crippen molar-refractivity contribution in [2.75, 3.05) is 6.54 Å². The first-order chi connectivity index (χ1) is 12.4. The lowest BCUT2D eigenvalue weighted by Crippen LogP contribution is -2.41. The van der Waals surface area contributed by atoms with Crippen LogP contribution in [0.15, 0.2) is 70.9 Å². The summed E-state index contributed by atoms with van der Waals surface area (Å²) in [6, 6.07) is 6.58. The molecular formula is C19H24N4O2S.